The van der Waals surface area contributed by atoms with E-state index in [9.17, 15) is 4.79 Å². The van der Waals surface area contributed by atoms with E-state index in [0.717, 1.165) is 6.42 Å². The lowest BCUT2D eigenvalue weighted by atomic mass is 9.98. The van der Waals surface area contributed by atoms with Crippen molar-refractivity contribution in [1.29, 1.82) is 0 Å². The molecule has 0 amide bonds. The smallest absolute Gasteiger partial charge is 0.325 e. The molecule has 4 nitrogen and oxygen atoms in total. The van der Waals surface area contributed by atoms with Gasteiger partial charge in [-0.2, -0.15) is 0 Å². The van der Waals surface area contributed by atoms with Crippen molar-refractivity contribution >= 4 is 5.97 Å². The first-order valence-corrected chi connectivity index (χ1v) is 5.79. The molecule has 0 aromatic carbocycles. The summed E-state index contributed by atoms with van der Waals surface area (Å²) in [7, 11) is 0. The molecule has 0 aromatic rings. The summed E-state index contributed by atoms with van der Waals surface area (Å²) in [4.78, 5) is 11.6. The van der Waals surface area contributed by atoms with Gasteiger partial charge in [-0.3, -0.25) is 4.79 Å². The average molecular weight is 231 g/mol. The van der Waals surface area contributed by atoms with E-state index in [1.165, 1.54) is 0 Å². The van der Waals surface area contributed by atoms with Gasteiger partial charge in [-0.1, -0.05) is 13.3 Å². The molecule has 0 aromatic heterocycles. The van der Waals surface area contributed by atoms with Gasteiger partial charge in [-0.15, -0.1) is 0 Å². The van der Waals surface area contributed by atoms with Crippen LogP contribution in [0, 0.1) is 0 Å². The highest BCUT2D eigenvalue weighted by molar-refractivity contribution is 5.79. The van der Waals surface area contributed by atoms with Gasteiger partial charge in [0.1, 0.15) is 12.1 Å². The molecular formula is C12H25NO3. The predicted octanol–water partition coefficient (Wildman–Crippen LogP) is 1.86. The highest BCUT2D eigenvalue weighted by Crippen LogP contribution is 2.11. The van der Waals surface area contributed by atoms with Crippen molar-refractivity contribution in [2.45, 2.75) is 58.6 Å². The zero-order chi connectivity index (χ0) is 12.8. The van der Waals surface area contributed by atoms with Crippen molar-refractivity contribution < 1.29 is 14.3 Å². The van der Waals surface area contributed by atoms with E-state index in [1.807, 2.05) is 27.7 Å². The number of hydrogen-bond acceptors (Lipinski definition) is 4. The summed E-state index contributed by atoms with van der Waals surface area (Å²) < 4.78 is 10.5. The SMILES string of the molecule is CCCC(C)(N)C(=O)OCCOC(C)(C)C. The molecule has 0 aliphatic rings. The minimum atomic E-state index is -0.878. The molecule has 0 bridgehead atoms. The first kappa shape index (κ1) is 15.4. The average Bonchev–Trinajstić information content (AvgIpc) is 2.10. The third-order valence-electron chi connectivity index (χ3n) is 2.09. The zero-order valence-corrected chi connectivity index (χ0v) is 11.1. The fourth-order valence-corrected chi connectivity index (χ4v) is 1.27. The molecule has 0 aliphatic heterocycles. The first-order chi connectivity index (χ1) is 7.19. The minimum Gasteiger partial charge on any atom is -0.462 e. The Kier molecular flexibility index (Phi) is 5.97. The monoisotopic (exact) mass is 231 g/mol. The largest absolute Gasteiger partial charge is 0.462 e. The molecule has 0 fully saturated rings. The summed E-state index contributed by atoms with van der Waals surface area (Å²) in [6, 6.07) is 0. The normalized spacial score (nSPS) is 15.6. The van der Waals surface area contributed by atoms with E-state index in [0.29, 0.717) is 13.0 Å². The molecule has 0 aliphatic carbocycles. The quantitative estimate of drug-likeness (QED) is 0.560. The molecule has 16 heavy (non-hydrogen) atoms. The Labute approximate surface area is 98.5 Å². The number of carbonyl (C=O) groups excluding carboxylic acids is 1. The Morgan fingerprint density at radius 1 is 1.19 bits per heavy atom. The molecule has 0 spiro atoms. The fraction of sp³-hybridized carbons (Fsp3) is 0.917. The topological polar surface area (TPSA) is 61.6 Å². The molecule has 96 valence electrons. The summed E-state index contributed by atoms with van der Waals surface area (Å²) >= 11 is 0. The maximum Gasteiger partial charge on any atom is 0.325 e. The Morgan fingerprint density at radius 3 is 2.19 bits per heavy atom. The lowest BCUT2D eigenvalue weighted by Crippen LogP contribution is -2.46. The van der Waals surface area contributed by atoms with Crippen LogP contribution in [0.4, 0.5) is 0 Å². The Hall–Kier alpha value is -0.610. The van der Waals surface area contributed by atoms with E-state index in [1.54, 1.807) is 6.92 Å². The first-order valence-electron chi connectivity index (χ1n) is 5.79. The van der Waals surface area contributed by atoms with Gasteiger partial charge in [-0.05, 0) is 34.1 Å². The van der Waals surface area contributed by atoms with Crippen molar-refractivity contribution in [3.05, 3.63) is 0 Å². The van der Waals surface area contributed by atoms with Crippen LogP contribution < -0.4 is 5.73 Å². The molecule has 0 radical (unpaired) electrons. The van der Waals surface area contributed by atoms with Crippen LogP contribution in [0.3, 0.4) is 0 Å². The Balaban J connectivity index is 3.82. The number of esters is 1. The third-order valence-corrected chi connectivity index (χ3v) is 2.09. The zero-order valence-electron chi connectivity index (χ0n) is 11.1. The standard InChI is InChI=1S/C12H25NO3/c1-6-7-12(5,13)10(14)15-8-9-16-11(2,3)4/h6-9,13H2,1-5H3. The van der Waals surface area contributed by atoms with Crippen LogP contribution in [-0.4, -0.2) is 30.3 Å². The van der Waals surface area contributed by atoms with Gasteiger partial charge in [0, 0.05) is 0 Å². The van der Waals surface area contributed by atoms with Crippen LogP contribution in [0.25, 0.3) is 0 Å². The van der Waals surface area contributed by atoms with Crippen LogP contribution in [-0.2, 0) is 14.3 Å². The van der Waals surface area contributed by atoms with Crippen LogP contribution in [0.15, 0.2) is 0 Å². The van der Waals surface area contributed by atoms with E-state index in [2.05, 4.69) is 0 Å². The van der Waals surface area contributed by atoms with Gasteiger partial charge in [0.25, 0.3) is 0 Å². The van der Waals surface area contributed by atoms with Gasteiger partial charge in [-0.25, -0.2) is 0 Å². The van der Waals surface area contributed by atoms with Crippen molar-refractivity contribution in [3.63, 3.8) is 0 Å². The maximum atomic E-state index is 11.6. The van der Waals surface area contributed by atoms with Gasteiger partial charge in [0.15, 0.2) is 0 Å². The van der Waals surface area contributed by atoms with Crippen LogP contribution in [0.1, 0.15) is 47.5 Å². The number of ether oxygens (including phenoxy) is 2. The van der Waals surface area contributed by atoms with Crippen molar-refractivity contribution in [1.82, 2.24) is 0 Å². The summed E-state index contributed by atoms with van der Waals surface area (Å²) in [5.74, 6) is -0.355. The van der Waals surface area contributed by atoms with Gasteiger partial charge < -0.3 is 15.2 Å². The number of hydrogen-bond donors (Lipinski definition) is 1. The molecule has 0 saturated heterocycles. The maximum absolute atomic E-state index is 11.6. The van der Waals surface area contributed by atoms with Crippen LogP contribution in [0.2, 0.25) is 0 Å². The second-order valence-electron chi connectivity index (χ2n) is 5.26. The molecule has 0 heterocycles. The summed E-state index contributed by atoms with van der Waals surface area (Å²) in [5.41, 5.74) is 4.74. The minimum absolute atomic E-state index is 0.207. The third kappa shape index (κ3) is 6.80. The van der Waals surface area contributed by atoms with Crippen molar-refractivity contribution in [2.75, 3.05) is 13.2 Å². The summed E-state index contributed by atoms with van der Waals surface area (Å²) in [6.45, 7) is 10.2. The second-order valence-corrected chi connectivity index (χ2v) is 5.26. The van der Waals surface area contributed by atoms with Gasteiger partial charge in [0.2, 0.25) is 0 Å². The molecule has 4 heteroatoms. The summed E-state index contributed by atoms with van der Waals surface area (Å²) in [6.07, 6.45) is 1.49. The molecular weight excluding hydrogens is 206 g/mol. The second kappa shape index (κ2) is 6.21. The Morgan fingerprint density at radius 2 is 1.75 bits per heavy atom. The number of rotatable bonds is 6. The molecule has 1 unspecified atom stereocenters. The molecule has 0 rings (SSSR count). The van der Waals surface area contributed by atoms with Crippen molar-refractivity contribution in [3.8, 4) is 0 Å². The van der Waals surface area contributed by atoms with Crippen LogP contribution >= 0.6 is 0 Å². The number of nitrogens with two attached hydrogens (primary N) is 1. The lowest BCUT2D eigenvalue weighted by molar-refractivity contribution is -0.152. The Bertz CT molecular complexity index is 219. The fourth-order valence-electron chi connectivity index (χ4n) is 1.27. The molecule has 2 N–H and O–H groups in total. The number of carbonyl (C=O) groups is 1. The van der Waals surface area contributed by atoms with Gasteiger partial charge >= 0.3 is 5.97 Å². The highest BCUT2D eigenvalue weighted by atomic mass is 16.6. The molecule has 1 atom stereocenters. The molecule has 0 saturated carbocycles. The van der Waals surface area contributed by atoms with E-state index in [-0.39, 0.29) is 18.2 Å². The van der Waals surface area contributed by atoms with Crippen molar-refractivity contribution in [2.24, 2.45) is 5.73 Å². The van der Waals surface area contributed by atoms with E-state index >= 15 is 0 Å². The lowest BCUT2D eigenvalue weighted by Gasteiger charge is -2.23. The summed E-state index contributed by atoms with van der Waals surface area (Å²) in [5, 5.41) is 0. The highest BCUT2D eigenvalue weighted by Gasteiger charge is 2.28. The van der Waals surface area contributed by atoms with Gasteiger partial charge in [0.05, 0.1) is 12.2 Å². The van der Waals surface area contributed by atoms with E-state index < -0.39 is 5.54 Å². The predicted molar refractivity (Wildman–Crippen MR) is 64.2 cm³/mol. The van der Waals surface area contributed by atoms with Crippen LogP contribution in [0.5, 0.6) is 0 Å². The van der Waals surface area contributed by atoms with E-state index in [4.69, 9.17) is 15.2 Å².